The fourth-order valence-electron chi connectivity index (χ4n) is 1.38. The van der Waals surface area contributed by atoms with E-state index in [1.54, 1.807) is 25.3 Å². The SMILES string of the molecule is C/C=C\C(/C=C/c1cccs1)=NC.CCCCOC(=O)C(C)N. The molecular formula is C18H28N2O2S. The molecule has 23 heavy (non-hydrogen) atoms. The summed E-state index contributed by atoms with van der Waals surface area (Å²) in [5, 5.41) is 2.07. The topological polar surface area (TPSA) is 64.7 Å². The van der Waals surface area contributed by atoms with Gasteiger partial charge in [-0.2, -0.15) is 0 Å². The van der Waals surface area contributed by atoms with Crippen molar-refractivity contribution in [2.75, 3.05) is 13.7 Å². The first-order chi connectivity index (χ1) is 11.0. The molecule has 1 aromatic rings. The Balaban J connectivity index is 0.000000438. The number of thiophene rings is 1. The molecule has 0 aliphatic heterocycles. The first-order valence-electron chi connectivity index (χ1n) is 7.78. The fraction of sp³-hybridized carbons (Fsp3) is 0.444. The maximum Gasteiger partial charge on any atom is 0.322 e. The summed E-state index contributed by atoms with van der Waals surface area (Å²) >= 11 is 1.73. The molecular weight excluding hydrogens is 308 g/mol. The molecule has 0 bridgehead atoms. The van der Waals surface area contributed by atoms with Gasteiger partial charge in [0, 0.05) is 11.9 Å². The van der Waals surface area contributed by atoms with Crippen LogP contribution in [0.4, 0.5) is 0 Å². The Morgan fingerprint density at radius 3 is 2.70 bits per heavy atom. The predicted octanol–water partition coefficient (Wildman–Crippen LogP) is 4.09. The van der Waals surface area contributed by atoms with Gasteiger partial charge in [0.25, 0.3) is 0 Å². The summed E-state index contributed by atoms with van der Waals surface area (Å²) in [6.45, 7) is 6.15. The number of hydrogen-bond donors (Lipinski definition) is 1. The van der Waals surface area contributed by atoms with Gasteiger partial charge in [0.05, 0.1) is 12.3 Å². The van der Waals surface area contributed by atoms with Crippen LogP contribution in [0.5, 0.6) is 0 Å². The van der Waals surface area contributed by atoms with E-state index in [1.165, 1.54) is 4.88 Å². The van der Waals surface area contributed by atoms with Gasteiger partial charge < -0.3 is 10.5 Å². The molecule has 4 nitrogen and oxygen atoms in total. The maximum atomic E-state index is 10.7. The van der Waals surface area contributed by atoms with Crippen LogP contribution in [0.15, 0.2) is 40.7 Å². The zero-order valence-electron chi connectivity index (χ0n) is 14.5. The van der Waals surface area contributed by atoms with Crippen molar-refractivity contribution >= 4 is 29.1 Å². The highest BCUT2D eigenvalue weighted by atomic mass is 32.1. The zero-order chi connectivity index (χ0) is 17.5. The van der Waals surface area contributed by atoms with Gasteiger partial charge in [-0.1, -0.05) is 25.5 Å². The van der Waals surface area contributed by atoms with Gasteiger partial charge in [-0.15, -0.1) is 11.3 Å². The van der Waals surface area contributed by atoms with Crippen molar-refractivity contribution in [1.82, 2.24) is 0 Å². The third-order valence-electron chi connectivity index (χ3n) is 2.67. The lowest BCUT2D eigenvalue weighted by atomic mass is 10.3. The second-order valence-corrected chi connectivity index (χ2v) is 5.79. The van der Waals surface area contributed by atoms with Crippen LogP contribution in [0.1, 0.15) is 38.5 Å². The number of hydrogen-bond acceptors (Lipinski definition) is 5. The highest BCUT2D eigenvalue weighted by Crippen LogP contribution is 2.10. The zero-order valence-corrected chi connectivity index (χ0v) is 15.3. The van der Waals surface area contributed by atoms with Gasteiger partial charge >= 0.3 is 5.97 Å². The molecule has 1 heterocycles. The average molecular weight is 337 g/mol. The molecule has 0 aliphatic rings. The number of unbranched alkanes of at least 4 members (excludes halogenated alkanes) is 1. The summed E-state index contributed by atoms with van der Waals surface area (Å²) in [7, 11) is 1.80. The number of nitrogens with zero attached hydrogens (tertiary/aromatic N) is 1. The molecule has 0 aliphatic carbocycles. The second kappa shape index (κ2) is 13.9. The van der Waals surface area contributed by atoms with Gasteiger partial charge in [-0.25, -0.2) is 0 Å². The van der Waals surface area contributed by atoms with Gasteiger partial charge in [-0.3, -0.25) is 9.79 Å². The van der Waals surface area contributed by atoms with Crippen molar-refractivity contribution in [3.63, 3.8) is 0 Å². The number of esters is 1. The van der Waals surface area contributed by atoms with Gasteiger partial charge in [0.2, 0.25) is 0 Å². The van der Waals surface area contributed by atoms with E-state index in [0.29, 0.717) is 6.61 Å². The van der Waals surface area contributed by atoms with Crippen molar-refractivity contribution < 1.29 is 9.53 Å². The standard InChI is InChI=1S/C11H13NS.C7H15NO2/c1-3-5-10(12-2)7-8-11-6-4-9-13-11;1-3-4-5-10-7(9)6(2)8/h3-9H,1-2H3;6H,3-5,8H2,1-2H3/b5-3-,8-7+,12-10?;. The lowest BCUT2D eigenvalue weighted by Crippen LogP contribution is -2.28. The van der Waals surface area contributed by atoms with Crippen molar-refractivity contribution in [2.24, 2.45) is 10.7 Å². The maximum absolute atomic E-state index is 10.7. The smallest absolute Gasteiger partial charge is 0.322 e. The molecule has 1 atom stereocenters. The monoisotopic (exact) mass is 336 g/mol. The van der Waals surface area contributed by atoms with E-state index >= 15 is 0 Å². The van der Waals surface area contributed by atoms with E-state index in [2.05, 4.69) is 22.5 Å². The molecule has 0 saturated heterocycles. The first-order valence-corrected chi connectivity index (χ1v) is 8.66. The quantitative estimate of drug-likeness (QED) is 0.463. The lowest BCUT2D eigenvalue weighted by Gasteiger charge is -2.04. The largest absolute Gasteiger partial charge is 0.465 e. The van der Waals surface area contributed by atoms with Crippen molar-refractivity contribution in [3.05, 3.63) is 40.6 Å². The molecule has 2 N–H and O–H groups in total. The summed E-state index contributed by atoms with van der Waals surface area (Å²) in [6, 6.07) is 3.64. The van der Waals surface area contributed by atoms with Crippen LogP contribution < -0.4 is 5.73 Å². The normalized spacial score (nSPS) is 13.0. The number of ether oxygens (including phenoxy) is 1. The molecule has 0 radical (unpaired) electrons. The molecule has 5 heteroatoms. The van der Waals surface area contributed by atoms with Crippen LogP contribution in [0.25, 0.3) is 6.08 Å². The minimum Gasteiger partial charge on any atom is -0.465 e. The Hall–Kier alpha value is -1.72. The number of rotatable bonds is 7. The molecule has 1 aromatic heterocycles. The fourth-order valence-corrected chi connectivity index (χ4v) is 2.00. The van der Waals surface area contributed by atoms with Crippen LogP contribution in [-0.4, -0.2) is 31.4 Å². The second-order valence-electron chi connectivity index (χ2n) is 4.81. The number of carbonyl (C=O) groups is 1. The van der Waals surface area contributed by atoms with Crippen LogP contribution in [-0.2, 0) is 9.53 Å². The molecule has 128 valence electrons. The minimum atomic E-state index is -0.489. The summed E-state index contributed by atoms with van der Waals surface area (Å²) in [5.41, 5.74) is 6.24. The molecule has 1 unspecified atom stereocenters. The molecule has 0 fully saturated rings. The summed E-state index contributed by atoms with van der Waals surface area (Å²) in [5.74, 6) is -0.312. The molecule has 0 aromatic carbocycles. The van der Waals surface area contributed by atoms with Crippen LogP contribution in [0, 0.1) is 0 Å². The third-order valence-corrected chi connectivity index (χ3v) is 3.51. The molecule has 0 amide bonds. The Kier molecular flexibility index (Phi) is 12.9. The van der Waals surface area contributed by atoms with Gasteiger partial charge in [0.1, 0.15) is 6.04 Å². The van der Waals surface area contributed by atoms with Crippen LogP contribution in [0.3, 0.4) is 0 Å². The molecule has 0 saturated carbocycles. The van der Waals surface area contributed by atoms with Crippen molar-refractivity contribution in [2.45, 2.75) is 39.7 Å². The van der Waals surface area contributed by atoms with E-state index in [4.69, 9.17) is 10.5 Å². The van der Waals surface area contributed by atoms with Crippen molar-refractivity contribution in [1.29, 1.82) is 0 Å². The highest BCUT2D eigenvalue weighted by molar-refractivity contribution is 7.10. The number of allylic oxidation sites excluding steroid dienone is 3. The Morgan fingerprint density at radius 1 is 1.48 bits per heavy atom. The number of nitrogens with two attached hydrogens (primary N) is 1. The van der Waals surface area contributed by atoms with Crippen LogP contribution >= 0.6 is 11.3 Å². The molecule has 0 spiro atoms. The predicted molar refractivity (Wildman–Crippen MR) is 101 cm³/mol. The van der Waals surface area contributed by atoms with E-state index in [-0.39, 0.29) is 5.97 Å². The van der Waals surface area contributed by atoms with Gasteiger partial charge in [-0.05, 0) is 49.9 Å². The Morgan fingerprint density at radius 2 is 2.22 bits per heavy atom. The number of aliphatic imine (C=N–C) groups is 1. The summed E-state index contributed by atoms with van der Waals surface area (Å²) in [4.78, 5) is 16.1. The van der Waals surface area contributed by atoms with Crippen molar-refractivity contribution in [3.8, 4) is 0 Å². The number of carbonyl (C=O) groups excluding carboxylic acids is 1. The molecule has 1 rings (SSSR count). The lowest BCUT2D eigenvalue weighted by molar-refractivity contribution is -0.144. The first kappa shape index (κ1) is 21.3. The Bertz CT molecular complexity index is 503. The average Bonchev–Trinajstić information content (AvgIpc) is 3.05. The van der Waals surface area contributed by atoms with E-state index in [0.717, 1.165) is 18.6 Å². The van der Waals surface area contributed by atoms with E-state index in [9.17, 15) is 4.79 Å². The third kappa shape index (κ3) is 11.5. The minimum absolute atomic E-state index is 0.312. The summed E-state index contributed by atoms with van der Waals surface area (Å²) in [6.07, 6.45) is 10.0. The highest BCUT2D eigenvalue weighted by Gasteiger charge is 2.06. The summed E-state index contributed by atoms with van der Waals surface area (Å²) < 4.78 is 4.78. The van der Waals surface area contributed by atoms with E-state index < -0.39 is 6.04 Å². The van der Waals surface area contributed by atoms with Crippen LogP contribution in [0.2, 0.25) is 0 Å². The van der Waals surface area contributed by atoms with E-state index in [1.807, 2.05) is 38.1 Å². The Labute approximate surface area is 143 Å². The van der Waals surface area contributed by atoms with Gasteiger partial charge in [0.15, 0.2) is 0 Å².